The second-order valence-electron chi connectivity index (χ2n) is 8.90. The van der Waals surface area contributed by atoms with E-state index in [1.165, 1.54) is 10.5 Å². The van der Waals surface area contributed by atoms with E-state index >= 15 is 0 Å². The minimum atomic E-state index is -0.257. The highest BCUT2D eigenvalue weighted by molar-refractivity contribution is 5.87. The number of aromatic nitrogens is 2. The van der Waals surface area contributed by atoms with Gasteiger partial charge >= 0.3 is 0 Å². The van der Waals surface area contributed by atoms with Crippen molar-refractivity contribution in [3.8, 4) is 11.4 Å². The molecule has 9 heteroatoms. The number of carbonyl (C=O) groups excluding carboxylic acids is 2. The number of hydrogen-bond donors (Lipinski definition) is 1. The number of carbonyl (C=O) groups is 2. The van der Waals surface area contributed by atoms with Crippen LogP contribution < -0.4 is 5.32 Å². The third-order valence-corrected chi connectivity index (χ3v) is 6.15. The lowest BCUT2D eigenvalue weighted by Gasteiger charge is -2.37. The van der Waals surface area contributed by atoms with E-state index in [0.717, 1.165) is 44.6 Å². The molecule has 4 rings (SSSR count). The van der Waals surface area contributed by atoms with Gasteiger partial charge in [-0.3, -0.25) is 19.4 Å². The topological polar surface area (TPSA) is 94.8 Å². The summed E-state index contributed by atoms with van der Waals surface area (Å²) in [6.45, 7) is 7.83. The molecule has 1 unspecified atom stereocenters. The largest absolute Gasteiger partial charge is 0.352 e. The predicted octanol–water partition coefficient (Wildman–Crippen LogP) is 1.29. The lowest BCUT2D eigenvalue weighted by atomic mass is 10.1. The number of likely N-dealkylation sites (N-methyl/N-ethyl adjacent to an activating group) is 1. The van der Waals surface area contributed by atoms with E-state index in [1.54, 1.807) is 7.05 Å². The van der Waals surface area contributed by atoms with E-state index in [0.29, 0.717) is 24.3 Å². The van der Waals surface area contributed by atoms with E-state index in [9.17, 15) is 9.59 Å². The van der Waals surface area contributed by atoms with Gasteiger partial charge in [-0.05, 0) is 26.7 Å². The lowest BCUT2D eigenvalue weighted by Crippen LogP contribution is -2.54. The fourth-order valence-electron chi connectivity index (χ4n) is 3.91. The molecule has 172 valence electrons. The van der Waals surface area contributed by atoms with Crippen LogP contribution >= 0.6 is 0 Å². The van der Waals surface area contributed by atoms with E-state index in [4.69, 9.17) is 4.52 Å². The summed E-state index contributed by atoms with van der Waals surface area (Å²) in [5, 5.41) is 7.04. The molecule has 0 spiro atoms. The zero-order chi connectivity index (χ0) is 22.7. The third-order valence-electron chi connectivity index (χ3n) is 6.15. The van der Waals surface area contributed by atoms with Crippen molar-refractivity contribution in [2.24, 2.45) is 0 Å². The van der Waals surface area contributed by atoms with E-state index in [1.807, 2.05) is 38.1 Å². The van der Waals surface area contributed by atoms with Crippen LogP contribution in [0.5, 0.6) is 0 Å². The highest BCUT2D eigenvalue weighted by Gasteiger charge is 2.30. The van der Waals surface area contributed by atoms with Crippen LogP contribution in [0.4, 0.5) is 0 Å². The van der Waals surface area contributed by atoms with Gasteiger partial charge in [0.2, 0.25) is 23.5 Å². The minimum Gasteiger partial charge on any atom is -0.352 e. The number of nitrogens with one attached hydrogen (secondary N) is 1. The van der Waals surface area contributed by atoms with Crippen LogP contribution in [0.25, 0.3) is 11.4 Å². The van der Waals surface area contributed by atoms with Gasteiger partial charge in [0, 0.05) is 44.8 Å². The number of benzene rings is 1. The third kappa shape index (κ3) is 5.72. The Labute approximate surface area is 188 Å². The number of rotatable bonds is 8. The van der Waals surface area contributed by atoms with Crippen LogP contribution in [0.2, 0.25) is 0 Å². The SMILES string of the molecule is Cc1ccc(-c2noc(CN3CCN(C(C)C(=O)N(C)CC(=O)NC4CC4)CC3)n2)cc1. The summed E-state index contributed by atoms with van der Waals surface area (Å²) < 4.78 is 5.45. The smallest absolute Gasteiger partial charge is 0.241 e. The van der Waals surface area contributed by atoms with Gasteiger partial charge in [-0.15, -0.1) is 0 Å². The van der Waals surface area contributed by atoms with Crippen molar-refractivity contribution in [3.63, 3.8) is 0 Å². The van der Waals surface area contributed by atoms with Crippen molar-refractivity contribution in [2.45, 2.75) is 45.3 Å². The summed E-state index contributed by atoms with van der Waals surface area (Å²) in [5.41, 5.74) is 2.13. The Kier molecular flexibility index (Phi) is 6.86. The Bertz CT molecular complexity index is 931. The van der Waals surface area contributed by atoms with Gasteiger partial charge in [0.25, 0.3) is 0 Å². The summed E-state index contributed by atoms with van der Waals surface area (Å²) in [4.78, 5) is 35.2. The Morgan fingerprint density at radius 3 is 2.53 bits per heavy atom. The molecule has 1 aliphatic heterocycles. The molecule has 2 fully saturated rings. The van der Waals surface area contributed by atoms with Crippen LogP contribution in [0, 0.1) is 6.92 Å². The van der Waals surface area contributed by atoms with Gasteiger partial charge in [0.15, 0.2) is 0 Å². The Morgan fingerprint density at radius 2 is 1.88 bits per heavy atom. The number of nitrogens with zero attached hydrogens (tertiary/aromatic N) is 5. The molecular formula is C23H32N6O3. The molecule has 32 heavy (non-hydrogen) atoms. The van der Waals surface area contributed by atoms with Crippen molar-refractivity contribution in [1.29, 1.82) is 0 Å². The average molecular weight is 441 g/mol. The molecule has 1 atom stereocenters. The summed E-state index contributed by atoms with van der Waals surface area (Å²) >= 11 is 0. The van der Waals surface area contributed by atoms with Crippen LogP contribution in [0.3, 0.4) is 0 Å². The molecule has 0 bridgehead atoms. The first-order valence-corrected chi connectivity index (χ1v) is 11.3. The zero-order valence-electron chi connectivity index (χ0n) is 19.1. The molecule has 1 aliphatic carbocycles. The molecule has 1 N–H and O–H groups in total. The molecule has 2 aliphatic rings. The first-order valence-electron chi connectivity index (χ1n) is 11.3. The summed E-state index contributed by atoms with van der Waals surface area (Å²) in [5.74, 6) is 1.10. The number of hydrogen-bond acceptors (Lipinski definition) is 7. The Hall–Kier alpha value is -2.78. The molecule has 2 aromatic rings. The molecule has 0 radical (unpaired) electrons. The van der Waals surface area contributed by atoms with Crippen molar-refractivity contribution in [2.75, 3.05) is 39.8 Å². The second kappa shape index (κ2) is 9.79. The van der Waals surface area contributed by atoms with E-state index < -0.39 is 0 Å². The fourth-order valence-corrected chi connectivity index (χ4v) is 3.91. The molecular weight excluding hydrogens is 408 g/mol. The maximum atomic E-state index is 12.8. The summed E-state index contributed by atoms with van der Waals surface area (Å²) in [6.07, 6.45) is 2.09. The Morgan fingerprint density at radius 1 is 1.19 bits per heavy atom. The van der Waals surface area contributed by atoms with Gasteiger partial charge in [0.1, 0.15) is 0 Å². The van der Waals surface area contributed by atoms with Crippen molar-refractivity contribution in [3.05, 3.63) is 35.7 Å². The van der Waals surface area contributed by atoms with Gasteiger partial charge in [-0.1, -0.05) is 35.0 Å². The van der Waals surface area contributed by atoms with Gasteiger partial charge in [-0.2, -0.15) is 4.98 Å². The fraction of sp³-hybridized carbons (Fsp3) is 0.565. The number of aryl methyl sites for hydroxylation is 1. The van der Waals surface area contributed by atoms with Gasteiger partial charge < -0.3 is 14.7 Å². The standard InChI is InChI=1S/C23H32N6O3/c1-16-4-6-18(7-5-16)22-25-21(32-26-22)15-28-10-12-29(13-11-28)17(2)23(31)27(3)14-20(30)24-19-8-9-19/h4-7,17,19H,8-15H2,1-3H3,(H,24,30). The summed E-state index contributed by atoms with van der Waals surface area (Å²) in [7, 11) is 1.70. The summed E-state index contributed by atoms with van der Waals surface area (Å²) in [6, 6.07) is 8.10. The first kappa shape index (κ1) is 22.4. The molecule has 1 saturated carbocycles. The van der Waals surface area contributed by atoms with Crippen molar-refractivity contribution < 1.29 is 14.1 Å². The molecule has 2 amide bonds. The van der Waals surface area contributed by atoms with Gasteiger partial charge in [0.05, 0.1) is 19.1 Å². The van der Waals surface area contributed by atoms with Crippen LogP contribution in [0.1, 0.15) is 31.2 Å². The zero-order valence-corrected chi connectivity index (χ0v) is 19.1. The minimum absolute atomic E-state index is 0.0240. The van der Waals surface area contributed by atoms with E-state index in [2.05, 4.69) is 25.3 Å². The molecule has 9 nitrogen and oxygen atoms in total. The maximum absolute atomic E-state index is 12.8. The van der Waals surface area contributed by atoms with Crippen LogP contribution in [0.15, 0.2) is 28.8 Å². The maximum Gasteiger partial charge on any atom is 0.241 e. The number of amides is 2. The number of piperazine rings is 1. The monoisotopic (exact) mass is 440 g/mol. The van der Waals surface area contributed by atoms with Crippen molar-refractivity contribution in [1.82, 2.24) is 30.2 Å². The molecule has 2 heterocycles. The Balaban J connectivity index is 1.23. The quantitative estimate of drug-likeness (QED) is 0.661. The average Bonchev–Trinajstić information content (AvgIpc) is 3.48. The predicted molar refractivity (Wildman–Crippen MR) is 120 cm³/mol. The van der Waals surface area contributed by atoms with Crippen LogP contribution in [-0.2, 0) is 16.1 Å². The molecule has 1 saturated heterocycles. The highest BCUT2D eigenvalue weighted by atomic mass is 16.5. The lowest BCUT2D eigenvalue weighted by molar-refractivity contribution is -0.139. The first-order chi connectivity index (χ1) is 15.4. The second-order valence-corrected chi connectivity index (χ2v) is 8.90. The molecule has 1 aromatic carbocycles. The normalized spacial score (nSPS) is 18.3. The van der Waals surface area contributed by atoms with E-state index in [-0.39, 0.29) is 24.4 Å². The van der Waals surface area contributed by atoms with Gasteiger partial charge in [-0.25, -0.2) is 0 Å². The van der Waals surface area contributed by atoms with Crippen LogP contribution in [-0.4, -0.2) is 88.5 Å². The van der Waals surface area contributed by atoms with Crippen molar-refractivity contribution >= 4 is 11.8 Å². The molecule has 1 aromatic heterocycles. The highest BCUT2D eigenvalue weighted by Crippen LogP contribution is 2.19.